The molecule has 0 aliphatic rings. The van der Waals surface area contributed by atoms with Crippen molar-refractivity contribution >= 4 is 62.3 Å². The molecule has 0 aromatic heterocycles. The van der Waals surface area contributed by atoms with Gasteiger partial charge in [0.25, 0.3) is 0 Å². The van der Waals surface area contributed by atoms with Gasteiger partial charge in [-0.2, -0.15) is 0 Å². The van der Waals surface area contributed by atoms with E-state index in [1.807, 2.05) is 6.92 Å². The van der Waals surface area contributed by atoms with Crippen molar-refractivity contribution in [2.75, 3.05) is 23.7 Å². The summed E-state index contributed by atoms with van der Waals surface area (Å²) in [6, 6.07) is 8.95. The number of hydrogen-bond donors (Lipinski definition) is 1. The van der Waals surface area contributed by atoms with Crippen molar-refractivity contribution in [2.45, 2.75) is 52.6 Å². The molecule has 0 aliphatic heterocycles. The summed E-state index contributed by atoms with van der Waals surface area (Å²) >= 11 is 19.0. The van der Waals surface area contributed by atoms with Crippen LogP contribution in [-0.2, 0) is 26.2 Å². The van der Waals surface area contributed by atoms with E-state index in [0.717, 1.165) is 23.4 Å². The average molecular weight is 577 g/mol. The van der Waals surface area contributed by atoms with Gasteiger partial charge in [-0.25, -0.2) is 8.42 Å². The highest BCUT2D eigenvalue weighted by atomic mass is 35.5. The lowest BCUT2D eigenvalue weighted by Gasteiger charge is -2.33. The van der Waals surface area contributed by atoms with E-state index in [0.29, 0.717) is 39.2 Å². The molecule has 7 nitrogen and oxygen atoms in total. The van der Waals surface area contributed by atoms with Crippen molar-refractivity contribution in [1.29, 1.82) is 0 Å². The van der Waals surface area contributed by atoms with E-state index in [-0.39, 0.29) is 18.1 Å². The number of amides is 2. The summed E-state index contributed by atoms with van der Waals surface area (Å²) in [6.07, 6.45) is 3.02. The van der Waals surface area contributed by atoms with Crippen LogP contribution in [0.2, 0.25) is 15.1 Å². The number of halogens is 3. The highest BCUT2D eigenvalue weighted by Crippen LogP contribution is 2.30. The van der Waals surface area contributed by atoms with E-state index in [4.69, 9.17) is 34.8 Å². The lowest BCUT2D eigenvalue weighted by Crippen LogP contribution is -2.52. The molecule has 0 spiro atoms. The number of nitrogens with one attached hydrogen (secondary N) is 1. The number of nitrogens with zero attached hydrogens (tertiary/aromatic N) is 2. The van der Waals surface area contributed by atoms with Gasteiger partial charge in [-0.1, -0.05) is 67.2 Å². The number of rotatable bonds is 12. The molecular weight excluding hydrogens is 545 g/mol. The molecule has 0 fully saturated rings. The fraction of sp³-hybridized carbons (Fsp3) is 0.440. The monoisotopic (exact) mass is 575 g/mol. The van der Waals surface area contributed by atoms with Gasteiger partial charge in [0, 0.05) is 33.7 Å². The Hall–Kier alpha value is -2.00. The summed E-state index contributed by atoms with van der Waals surface area (Å²) in [6.45, 7) is 5.35. The van der Waals surface area contributed by atoms with Gasteiger partial charge in [-0.3, -0.25) is 13.9 Å². The van der Waals surface area contributed by atoms with Gasteiger partial charge in [0.2, 0.25) is 21.8 Å². The minimum Gasteiger partial charge on any atom is -0.354 e. The first-order chi connectivity index (χ1) is 16.9. The standard InChI is InChI=1S/C25H32Cl3N3O4S/c1-5-7-14-29-25(33)22(6-2)30(15-18-20(27)11-8-12-21(18)28)24(32)16-31(36(4,34)35)23-13-9-10-19(26)17(23)3/h8-13,22H,5-7,14-16H2,1-4H3,(H,29,33)/t22-/m1/s1. The molecule has 2 amide bonds. The molecule has 0 saturated heterocycles. The zero-order chi connectivity index (χ0) is 27.0. The first-order valence-electron chi connectivity index (χ1n) is 11.6. The van der Waals surface area contributed by atoms with Crippen LogP contribution in [0.1, 0.15) is 44.2 Å². The molecule has 1 N–H and O–H groups in total. The molecule has 0 unspecified atom stereocenters. The van der Waals surface area contributed by atoms with Gasteiger partial charge < -0.3 is 10.2 Å². The van der Waals surface area contributed by atoms with Crippen LogP contribution in [0.3, 0.4) is 0 Å². The number of unbranched alkanes of at least 4 members (excludes halogenated alkanes) is 1. The zero-order valence-electron chi connectivity index (χ0n) is 20.9. The molecule has 11 heteroatoms. The van der Waals surface area contributed by atoms with Crippen LogP contribution < -0.4 is 9.62 Å². The Balaban J connectivity index is 2.51. The fourth-order valence-corrected chi connectivity index (χ4v) is 5.33. The quantitative estimate of drug-likeness (QED) is 0.341. The molecule has 0 heterocycles. The Morgan fingerprint density at radius 3 is 2.14 bits per heavy atom. The predicted molar refractivity (Wildman–Crippen MR) is 147 cm³/mol. The van der Waals surface area contributed by atoms with Crippen LogP contribution in [0.5, 0.6) is 0 Å². The molecule has 1 atom stereocenters. The average Bonchev–Trinajstić information content (AvgIpc) is 2.80. The maximum atomic E-state index is 13.8. The molecule has 0 saturated carbocycles. The largest absolute Gasteiger partial charge is 0.354 e. The third kappa shape index (κ3) is 7.75. The van der Waals surface area contributed by atoms with E-state index in [2.05, 4.69) is 5.32 Å². The maximum Gasteiger partial charge on any atom is 0.244 e. The van der Waals surface area contributed by atoms with E-state index >= 15 is 0 Å². The smallest absolute Gasteiger partial charge is 0.244 e. The molecule has 36 heavy (non-hydrogen) atoms. The summed E-state index contributed by atoms with van der Waals surface area (Å²) in [4.78, 5) is 28.2. The Labute approximate surface area is 228 Å². The third-order valence-corrected chi connectivity index (χ3v) is 8.04. The van der Waals surface area contributed by atoms with Gasteiger partial charge in [0.1, 0.15) is 12.6 Å². The Bertz CT molecular complexity index is 1170. The topological polar surface area (TPSA) is 86.8 Å². The Morgan fingerprint density at radius 2 is 1.58 bits per heavy atom. The Kier molecular flexibility index (Phi) is 11.3. The lowest BCUT2D eigenvalue weighted by molar-refractivity contribution is -0.140. The molecule has 0 radical (unpaired) electrons. The fourth-order valence-electron chi connectivity index (χ4n) is 3.74. The predicted octanol–water partition coefficient (Wildman–Crippen LogP) is 5.44. The molecule has 2 aromatic rings. The SMILES string of the molecule is CCCCNC(=O)[C@@H](CC)N(Cc1c(Cl)cccc1Cl)C(=O)CN(c1cccc(Cl)c1C)S(C)(=O)=O. The molecule has 2 aromatic carbocycles. The number of hydrogen-bond acceptors (Lipinski definition) is 4. The summed E-state index contributed by atoms with van der Waals surface area (Å²) in [5, 5.41) is 3.92. The minimum atomic E-state index is -3.87. The van der Waals surface area contributed by atoms with Crippen molar-refractivity contribution in [3.05, 3.63) is 62.6 Å². The van der Waals surface area contributed by atoms with Crippen LogP contribution in [-0.4, -0.2) is 50.5 Å². The van der Waals surface area contributed by atoms with E-state index < -0.39 is 28.5 Å². The van der Waals surface area contributed by atoms with E-state index in [1.165, 1.54) is 4.90 Å². The first-order valence-corrected chi connectivity index (χ1v) is 14.6. The van der Waals surface area contributed by atoms with Crippen LogP contribution >= 0.6 is 34.8 Å². The second-order valence-corrected chi connectivity index (χ2v) is 11.6. The highest BCUT2D eigenvalue weighted by molar-refractivity contribution is 7.92. The normalized spacial score (nSPS) is 12.2. The van der Waals surface area contributed by atoms with Gasteiger partial charge >= 0.3 is 0 Å². The second-order valence-electron chi connectivity index (χ2n) is 8.44. The summed E-state index contributed by atoms with van der Waals surface area (Å²) in [5.41, 5.74) is 1.27. The summed E-state index contributed by atoms with van der Waals surface area (Å²) in [5.74, 6) is -0.902. The van der Waals surface area contributed by atoms with Crippen LogP contribution in [0, 0.1) is 6.92 Å². The van der Waals surface area contributed by atoms with E-state index in [9.17, 15) is 18.0 Å². The number of anilines is 1. The van der Waals surface area contributed by atoms with Gasteiger partial charge in [0.05, 0.1) is 11.9 Å². The van der Waals surface area contributed by atoms with Gasteiger partial charge in [-0.05, 0) is 49.6 Å². The maximum absolute atomic E-state index is 13.8. The van der Waals surface area contributed by atoms with E-state index in [1.54, 1.807) is 50.2 Å². The van der Waals surface area contributed by atoms with Crippen molar-refractivity contribution in [3.8, 4) is 0 Å². The van der Waals surface area contributed by atoms with Crippen molar-refractivity contribution < 1.29 is 18.0 Å². The number of carbonyl (C=O) groups excluding carboxylic acids is 2. The number of benzene rings is 2. The summed E-state index contributed by atoms with van der Waals surface area (Å²) in [7, 11) is -3.87. The van der Waals surface area contributed by atoms with Gasteiger partial charge in [0.15, 0.2) is 0 Å². The summed E-state index contributed by atoms with van der Waals surface area (Å²) < 4.78 is 26.5. The molecular formula is C25H32Cl3N3O4S. The molecule has 198 valence electrons. The van der Waals surface area contributed by atoms with Gasteiger partial charge in [-0.15, -0.1) is 0 Å². The highest BCUT2D eigenvalue weighted by Gasteiger charge is 2.33. The van der Waals surface area contributed by atoms with Crippen molar-refractivity contribution in [2.24, 2.45) is 0 Å². The molecule has 0 bridgehead atoms. The first kappa shape index (κ1) is 30.2. The van der Waals surface area contributed by atoms with Crippen molar-refractivity contribution in [1.82, 2.24) is 10.2 Å². The molecule has 0 aliphatic carbocycles. The lowest BCUT2D eigenvalue weighted by atomic mass is 10.1. The Morgan fingerprint density at radius 1 is 1.00 bits per heavy atom. The van der Waals surface area contributed by atoms with Crippen LogP contribution in [0.4, 0.5) is 5.69 Å². The number of carbonyl (C=O) groups is 2. The number of sulfonamides is 1. The minimum absolute atomic E-state index is 0.0663. The third-order valence-electron chi connectivity index (χ3n) is 5.79. The second kappa shape index (κ2) is 13.5. The zero-order valence-corrected chi connectivity index (χ0v) is 23.9. The molecule has 2 rings (SSSR count). The van der Waals surface area contributed by atoms with Crippen LogP contribution in [0.25, 0.3) is 0 Å². The van der Waals surface area contributed by atoms with Crippen LogP contribution in [0.15, 0.2) is 36.4 Å². The van der Waals surface area contributed by atoms with Crippen molar-refractivity contribution in [3.63, 3.8) is 0 Å².